The van der Waals surface area contributed by atoms with Crippen LogP contribution in [0.15, 0.2) is 66.2 Å². The first-order valence-corrected chi connectivity index (χ1v) is 10.1. The summed E-state index contributed by atoms with van der Waals surface area (Å²) in [6.45, 7) is 3.71. The van der Waals surface area contributed by atoms with Crippen molar-refractivity contribution < 1.29 is 9.53 Å². The third kappa shape index (κ3) is 4.23. The number of amides is 1. The molecule has 2 heterocycles. The quantitative estimate of drug-likeness (QED) is 0.500. The predicted octanol–water partition coefficient (Wildman–Crippen LogP) is 4.63. The van der Waals surface area contributed by atoms with Crippen molar-refractivity contribution in [2.75, 3.05) is 0 Å². The molecule has 1 amide bonds. The minimum absolute atomic E-state index is 0.0898. The van der Waals surface area contributed by atoms with Gasteiger partial charge in [-0.3, -0.25) is 9.48 Å². The number of fused-ring (bicyclic) bond motifs is 1. The van der Waals surface area contributed by atoms with Gasteiger partial charge in [-0.1, -0.05) is 30.3 Å². The number of hydrogen-bond acceptors (Lipinski definition) is 4. The van der Waals surface area contributed by atoms with Gasteiger partial charge in [-0.15, -0.1) is 11.3 Å². The molecule has 142 valence electrons. The Hall–Kier alpha value is -3.12. The maximum Gasteiger partial charge on any atom is 0.261 e. The third-order valence-electron chi connectivity index (χ3n) is 4.45. The molecule has 0 bridgehead atoms. The second-order valence-corrected chi connectivity index (χ2v) is 7.37. The second kappa shape index (κ2) is 8.27. The zero-order valence-electron chi connectivity index (χ0n) is 15.6. The lowest BCUT2D eigenvalue weighted by Gasteiger charge is -2.06. The molecule has 4 aromatic rings. The van der Waals surface area contributed by atoms with Gasteiger partial charge in [0.15, 0.2) is 0 Å². The summed E-state index contributed by atoms with van der Waals surface area (Å²) in [6.07, 6.45) is 1.91. The van der Waals surface area contributed by atoms with Crippen molar-refractivity contribution in [3.63, 3.8) is 0 Å². The van der Waals surface area contributed by atoms with Crippen molar-refractivity contribution in [1.82, 2.24) is 15.1 Å². The van der Waals surface area contributed by atoms with Gasteiger partial charge >= 0.3 is 0 Å². The monoisotopic (exact) mass is 391 g/mol. The first-order valence-electron chi connectivity index (χ1n) is 9.21. The molecule has 0 atom stereocenters. The average molecular weight is 391 g/mol. The van der Waals surface area contributed by atoms with Crippen LogP contribution in [-0.2, 0) is 19.7 Å². The van der Waals surface area contributed by atoms with E-state index in [1.165, 1.54) is 16.7 Å². The Labute approximate surface area is 167 Å². The van der Waals surface area contributed by atoms with E-state index in [1.54, 1.807) is 0 Å². The maximum atomic E-state index is 12.4. The molecule has 1 N–H and O–H groups in total. The summed E-state index contributed by atoms with van der Waals surface area (Å²) in [5, 5.41) is 11.6. The number of nitrogens with zero attached hydrogens (tertiary/aromatic N) is 2. The molecule has 5 nitrogen and oxygen atoms in total. The van der Waals surface area contributed by atoms with Gasteiger partial charge in [-0.2, -0.15) is 5.10 Å². The van der Waals surface area contributed by atoms with Crippen LogP contribution in [0.5, 0.6) is 5.75 Å². The number of aryl methyl sites for hydroxylation is 1. The first-order chi connectivity index (χ1) is 13.7. The summed E-state index contributed by atoms with van der Waals surface area (Å²) in [6, 6.07) is 18.0. The van der Waals surface area contributed by atoms with Gasteiger partial charge in [0.25, 0.3) is 5.91 Å². The number of aromatic nitrogens is 2. The molecular formula is C22H21N3O2S. The summed E-state index contributed by atoms with van der Waals surface area (Å²) in [5.41, 5.74) is 1.84. The van der Waals surface area contributed by atoms with E-state index in [9.17, 15) is 4.79 Å². The van der Waals surface area contributed by atoms with Crippen LogP contribution in [0.4, 0.5) is 0 Å². The van der Waals surface area contributed by atoms with Crippen molar-refractivity contribution in [3.8, 4) is 5.75 Å². The van der Waals surface area contributed by atoms with E-state index in [0.29, 0.717) is 18.0 Å². The van der Waals surface area contributed by atoms with Gasteiger partial charge in [-0.25, -0.2) is 0 Å². The van der Waals surface area contributed by atoms with Crippen molar-refractivity contribution in [1.29, 1.82) is 0 Å². The number of benzene rings is 2. The molecule has 6 heteroatoms. The Kier molecular flexibility index (Phi) is 5.39. The zero-order valence-corrected chi connectivity index (χ0v) is 16.4. The fraction of sp³-hybridized carbons (Fsp3) is 0.182. The van der Waals surface area contributed by atoms with Crippen molar-refractivity contribution in [2.24, 2.45) is 0 Å². The van der Waals surface area contributed by atoms with Crippen LogP contribution in [0.25, 0.3) is 10.8 Å². The van der Waals surface area contributed by atoms with E-state index >= 15 is 0 Å². The summed E-state index contributed by atoms with van der Waals surface area (Å²) < 4.78 is 7.74. The van der Waals surface area contributed by atoms with Gasteiger partial charge in [-0.05, 0) is 47.3 Å². The molecule has 0 aliphatic carbocycles. The summed E-state index contributed by atoms with van der Waals surface area (Å²) >= 11 is 1.42. The van der Waals surface area contributed by atoms with Gasteiger partial charge in [0.05, 0.1) is 17.1 Å². The maximum absolute atomic E-state index is 12.4. The van der Waals surface area contributed by atoms with E-state index in [-0.39, 0.29) is 5.91 Å². The fourth-order valence-corrected chi connectivity index (χ4v) is 3.74. The molecular weight excluding hydrogens is 370 g/mol. The van der Waals surface area contributed by atoms with Gasteiger partial charge in [0, 0.05) is 18.3 Å². The van der Waals surface area contributed by atoms with Gasteiger partial charge in [0.2, 0.25) is 0 Å². The van der Waals surface area contributed by atoms with E-state index in [0.717, 1.165) is 28.9 Å². The van der Waals surface area contributed by atoms with E-state index in [2.05, 4.69) is 28.6 Å². The van der Waals surface area contributed by atoms with Crippen LogP contribution in [-0.4, -0.2) is 15.7 Å². The SMILES string of the molecule is CCn1ccc(CNC(=O)c2cc(COc3ccc4ccccc4c3)cs2)n1. The summed E-state index contributed by atoms with van der Waals surface area (Å²) in [7, 11) is 0. The summed E-state index contributed by atoms with van der Waals surface area (Å²) in [5.74, 6) is 0.732. The minimum atomic E-state index is -0.0898. The van der Waals surface area contributed by atoms with Crippen LogP contribution in [0.3, 0.4) is 0 Å². The Morgan fingerprint density at radius 3 is 2.82 bits per heavy atom. The normalized spacial score (nSPS) is 10.9. The molecule has 0 spiro atoms. The molecule has 0 aliphatic heterocycles. The highest BCUT2D eigenvalue weighted by Gasteiger charge is 2.10. The number of hydrogen-bond donors (Lipinski definition) is 1. The van der Waals surface area contributed by atoms with Crippen LogP contribution in [0.2, 0.25) is 0 Å². The molecule has 2 aromatic heterocycles. The molecule has 28 heavy (non-hydrogen) atoms. The number of ether oxygens (including phenoxy) is 1. The number of rotatable bonds is 7. The molecule has 0 saturated heterocycles. The van der Waals surface area contributed by atoms with Gasteiger partial charge in [0.1, 0.15) is 12.4 Å². The Balaban J connectivity index is 1.33. The largest absolute Gasteiger partial charge is 0.489 e. The lowest BCUT2D eigenvalue weighted by atomic mass is 10.1. The van der Waals surface area contributed by atoms with E-state index in [1.807, 2.05) is 59.6 Å². The first kappa shape index (κ1) is 18.3. The Morgan fingerprint density at radius 2 is 2.00 bits per heavy atom. The number of carbonyl (C=O) groups is 1. The average Bonchev–Trinajstić information content (AvgIpc) is 3.40. The molecule has 0 radical (unpaired) electrons. The highest BCUT2D eigenvalue weighted by atomic mass is 32.1. The van der Waals surface area contributed by atoms with E-state index in [4.69, 9.17) is 4.74 Å². The zero-order chi connectivity index (χ0) is 19.3. The lowest BCUT2D eigenvalue weighted by Crippen LogP contribution is -2.22. The number of carbonyl (C=O) groups excluding carboxylic acids is 1. The molecule has 0 fully saturated rings. The van der Waals surface area contributed by atoms with Crippen LogP contribution < -0.4 is 10.1 Å². The molecule has 0 aliphatic rings. The lowest BCUT2D eigenvalue weighted by molar-refractivity contribution is 0.0954. The molecule has 0 unspecified atom stereocenters. The number of nitrogens with one attached hydrogen (secondary N) is 1. The number of thiophene rings is 1. The standard InChI is InChI=1S/C22H21N3O2S/c1-2-25-10-9-19(24-25)13-23-22(26)21-11-16(15-28-21)14-27-20-8-7-17-5-3-4-6-18(17)12-20/h3-12,15H,2,13-14H2,1H3,(H,23,26). The molecule has 0 saturated carbocycles. The third-order valence-corrected chi connectivity index (χ3v) is 5.43. The van der Waals surface area contributed by atoms with Crippen LogP contribution >= 0.6 is 11.3 Å². The molecule has 4 rings (SSSR count). The highest BCUT2D eigenvalue weighted by Crippen LogP contribution is 2.22. The predicted molar refractivity (Wildman–Crippen MR) is 112 cm³/mol. The van der Waals surface area contributed by atoms with Crippen molar-refractivity contribution >= 4 is 28.0 Å². The fourth-order valence-electron chi connectivity index (χ4n) is 2.93. The van der Waals surface area contributed by atoms with Crippen molar-refractivity contribution in [2.45, 2.75) is 26.6 Å². The Morgan fingerprint density at radius 1 is 1.14 bits per heavy atom. The topological polar surface area (TPSA) is 56.2 Å². The van der Waals surface area contributed by atoms with E-state index < -0.39 is 0 Å². The highest BCUT2D eigenvalue weighted by molar-refractivity contribution is 7.12. The van der Waals surface area contributed by atoms with Crippen molar-refractivity contribution in [3.05, 3.63) is 82.3 Å². The second-order valence-electron chi connectivity index (χ2n) is 6.46. The summed E-state index contributed by atoms with van der Waals surface area (Å²) in [4.78, 5) is 13.0. The Bertz CT molecular complexity index is 1100. The minimum Gasteiger partial charge on any atom is -0.489 e. The smallest absolute Gasteiger partial charge is 0.261 e. The van der Waals surface area contributed by atoms with Gasteiger partial charge < -0.3 is 10.1 Å². The van der Waals surface area contributed by atoms with Crippen LogP contribution in [0, 0.1) is 0 Å². The molecule has 2 aromatic carbocycles. The van der Waals surface area contributed by atoms with Crippen LogP contribution in [0.1, 0.15) is 27.9 Å².